The average Bonchev–Trinajstić information content (AvgIpc) is 3.45. The second-order valence-corrected chi connectivity index (χ2v) is 9.59. The van der Waals surface area contributed by atoms with E-state index in [2.05, 4.69) is 31.1 Å². The molecule has 0 fully saturated rings. The highest BCUT2D eigenvalue weighted by Crippen LogP contribution is 2.37. The minimum atomic E-state index is -1.12. The summed E-state index contributed by atoms with van der Waals surface area (Å²) in [6, 6.07) is 16.8. The number of aromatic amines is 1. The molecular weight excluding hydrogens is 542 g/mol. The van der Waals surface area contributed by atoms with Crippen molar-refractivity contribution in [3.8, 4) is 22.9 Å². The molecule has 2 aromatic carbocycles. The minimum absolute atomic E-state index is 0.00582. The number of carbonyl (C=O) groups is 1. The molecule has 11 heteroatoms. The molecule has 34 heavy (non-hydrogen) atoms. The molecule has 0 bridgehead atoms. The number of furan rings is 1. The molecule has 0 radical (unpaired) electrons. The molecule has 0 aliphatic heterocycles. The zero-order valence-corrected chi connectivity index (χ0v) is 21.2. The van der Waals surface area contributed by atoms with E-state index in [-0.39, 0.29) is 10.1 Å². The van der Waals surface area contributed by atoms with Crippen LogP contribution in [0.1, 0.15) is 5.76 Å². The zero-order chi connectivity index (χ0) is 24.1. The Morgan fingerprint density at radius 2 is 1.82 bits per heavy atom. The van der Waals surface area contributed by atoms with Gasteiger partial charge < -0.3 is 19.0 Å². The van der Waals surface area contributed by atoms with Gasteiger partial charge in [0.25, 0.3) is 0 Å². The van der Waals surface area contributed by atoms with Crippen LogP contribution >= 0.6 is 39.5 Å². The fourth-order valence-corrected chi connectivity index (χ4v) is 4.87. The van der Waals surface area contributed by atoms with Gasteiger partial charge in [-0.25, -0.2) is 9.78 Å². The number of halogens is 1. The molecule has 2 heterocycles. The van der Waals surface area contributed by atoms with Crippen molar-refractivity contribution in [2.24, 2.45) is 0 Å². The summed E-state index contributed by atoms with van der Waals surface area (Å²) in [7, 11) is 3.11. The third-order valence-corrected chi connectivity index (χ3v) is 7.13. The number of nitrogens with zero attached hydrogens (tertiary/aromatic N) is 2. The summed E-state index contributed by atoms with van der Waals surface area (Å²) in [5, 5.41) is 17.6. The van der Waals surface area contributed by atoms with Gasteiger partial charge in [0.2, 0.25) is 5.16 Å². The van der Waals surface area contributed by atoms with E-state index in [4.69, 9.17) is 13.9 Å². The average molecular weight is 560 g/mol. The number of thioether (sulfide) groups is 1. The third kappa shape index (κ3) is 5.85. The van der Waals surface area contributed by atoms with Crippen molar-refractivity contribution in [2.45, 2.75) is 15.1 Å². The van der Waals surface area contributed by atoms with Crippen molar-refractivity contribution in [1.29, 1.82) is 0 Å². The molecule has 4 rings (SSSR count). The van der Waals surface area contributed by atoms with E-state index in [0.717, 1.165) is 21.1 Å². The normalized spacial score (nSPS) is 11.4. The highest BCUT2D eigenvalue weighted by molar-refractivity contribution is 9.10. The number of methoxy groups -OCH3 is 2. The van der Waals surface area contributed by atoms with Gasteiger partial charge in [-0.2, -0.15) is 0 Å². The van der Waals surface area contributed by atoms with E-state index in [1.807, 2.05) is 30.3 Å². The van der Waals surface area contributed by atoms with E-state index in [1.165, 1.54) is 17.8 Å². The molecule has 0 saturated carbocycles. The van der Waals surface area contributed by atoms with Gasteiger partial charge >= 0.3 is 5.97 Å². The standard InChI is InChI=1S/C23H18BrN3O5S2/c1-30-14-8-13(9-15(10-14)31-2)20-25-23(27-26-20)34-19(21(28)29)12-16-11-18(24)22(32-16)33-17-6-4-3-5-7-17/h3-12H,1-2H3,(H,28,29)(H,25,26,27)/b19-12-. The second kappa shape index (κ2) is 10.9. The van der Waals surface area contributed by atoms with E-state index >= 15 is 0 Å². The molecule has 0 aliphatic carbocycles. The van der Waals surface area contributed by atoms with Crippen LogP contribution < -0.4 is 9.47 Å². The topological polar surface area (TPSA) is 110 Å². The summed E-state index contributed by atoms with van der Waals surface area (Å²) in [5.74, 6) is 0.914. The van der Waals surface area contributed by atoms with Crippen molar-refractivity contribution in [1.82, 2.24) is 15.2 Å². The Labute approximate surface area is 211 Å². The second-order valence-electron chi connectivity index (χ2n) is 6.68. The summed E-state index contributed by atoms with van der Waals surface area (Å²) < 4.78 is 17.2. The third-order valence-electron chi connectivity index (χ3n) is 4.40. The molecule has 0 atom stereocenters. The number of hydrogen-bond acceptors (Lipinski definition) is 8. The Bertz CT molecular complexity index is 1320. The molecule has 0 aliphatic rings. The predicted molar refractivity (Wildman–Crippen MR) is 133 cm³/mol. The minimum Gasteiger partial charge on any atom is -0.497 e. The first-order valence-corrected chi connectivity index (χ1v) is 12.2. The highest BCUT2D eigenvalue weighted by atomic mass is 79.9. The molecule has 0 amide bonds. The van der Waals surface area contributed by atoms with E-state index < -0.39 is 5.97 Å². The largest absolute Gasteiger partial charge is 0.497 e. The van der Waals surface area contributed by atoms with Gasteiger partial charge in [-0.15, -0.1) is 5.10 Å². The van der Waals surface area contributed by atoms with Gasteiger partial charge in [-0.1, -0.05) is 30.0 Å². The Kier molecular flexibility index (Phi) is 7.66. The maximum atomic E-state index is 11.9. The first kappa shape index (κ1) is 24.0. The van der Waals surface area contributed by atoms with Crippen LogP contribution in [0.5, 0.6) is 11.5 Å². The summed E-state index contributed by atoms with van der Waals surface area (Å²) in [5.41, 5.74) is 0.689. The lowest BCUT2D eigenvalue weighted by molar-refractivity contribution is -0.131. The number of carboxylic acids is 1. The van der Waals surface area contributed by atoms with Gasteiger partial charge in [0, 0.05) is 22.6 Å². The van der Waals surface area contributed by atoms with Crippen molar-refractivity contribution in [2.75, 3.05) is 14.2 Å². The molecule has 2 aromatic heterocycles. The van der Waals surface area contributed by atoms with Crippen molar-refractivity contribution >= 4 is 51.5 Å². The lowest BCUT2D eigenvalue weighted by Crippen LogP contribution is -1.97. The van der Waals surface area contributed by atoms with Crippen LogP contribution in [0.3, 0.4) is 0 Å². The number of carboxylic acid groups (broad SMARTS) is 1. The summed E-state index contributed by atoms with van der Waals surface area (Å²) in [6.45, 7) is 0. The van der Waals surface area contributed by atoms with Gasteiger partial charge in [0.05, 0.1) is 18.7 Å². The monoisotopic (exact) mass is 559 g/mol. The number of aliphatic carboxylic acids is 1. The van der Waals surface area contributed by atoms with Crippen molar-refractivity contribution < 1.29 is 23.8 Å². The first-order valence-electron chi connectivity index (χ1n) is 9.76. The van der Waals surface area contributed by atoms with Crippen LogP contribution in [0.15, 0.2) is 83.5 Å². The van der Waals surface area contributed by atoms with Crippen LogP contribution in [-0.2, 0) is 4.79 Å². The van der Waals surface area contributed by atoms with Gasteiger partial charge in [-0.3, -0.25) is 5.10 Å². The van der Waals surface area contributed by atoms with Crippen molar-refractivity contribution in [3.05, 3.63) is 69.7 Å². The van der Waals surface area contributed by atoms with Gasteiger partial charge in [0.1, 0.15) is 22.2 Å². The number of rotatable bonds is 9. The summed E-state index contributed by atoms with van der Waals surface area (Å²) >= 11 is 5.82. The lowest BCUT2D eigenvalue weighted by Gasteiger charge is -2.06. The summed E-state index contributed by atoms with van der Waals surface area (Å²) in [6.07, 6.45) is 1.44. The zero-order valence-electron chi connectivity index (χ0n) is 17.9. The highest BCUT2D eigenvalue weighted by Gasteiger charge is 2.17. The van der Waals surface area contributed by atoms with Crippen LogP contribution in [0.25, 0.3) is 17.5 Å². The number of H-pyrrole nitrogens is 1. The molecule has 0 saturated heterocycles. The van der Waals surface area contributed by atoms with Crippen LogP contribution in [0.4, 0.5) is 0 Å². The molecule has 0 spiro atoms. The molecular formula is C23H18BrN3O5S2. The molecule has 0 unspecified atom stereocenters. The SMILES string of the molecule is COc1cc(OC)cc(-c2nc(S/C(=C\c3cc(Br)c(Sc4ccccc4)o3)C(=O)O)n[nH]2)c1. The Hall–Kier alpha value is -3.15. The number of aromatic nitrogens is 3. The van der Waals surface area contributed by atoms with Crippen LogP contribution in [0, 0.1) is 0 Å². The predicted octanol–water partition coefficient (Wildman–Crippen LogP) is 6.21. The quantitative estimate of drug-likeness (QED) is 0.182. The molecule has 2 N–H and O–H groups in total. The number of benzene rings is 2. The number of ether oxygens (including phenoxy) is 2. The van der Waals surface area contributed by atoms with E-state index in [1.54, 1.807) is 38.5 Å². The smallest absolute Gasteiger partial charge is 0.342 e. The molecule has 4 aromatic rings. The Morgan fingerprint density at radius 1 is 1.12 bits per heavy atom. The first-order chi connectivity index (χ1) is 16.4. The number of nitrogens with one attached hydrogen (secondary N) is 1. The molecule has 8 nitrogen and oxygen atoms in total. The fourth-order valence-electron chi connectivity index (χ4n) is 2.83. The maximum absolute atomic E-state index is 11.9. The summed E-state index contributed by atoms with van der Waals surface area (Å²) in [4.78, 5) is 17.3. The van der Waals surface area contributed by atoms with Crippen molar-refractivity contribution in [3.63, 3.8) is 0 Å². The maximum Gasteiger partial charge on any atom is 0.342 e. The van der Waals surface area contributed by atoms with Crippen LogP contribution in [-0.4, -0.2) is 40.5 Å². The lowest BCUT2D eigenvalue weighted by atomic mass is 10.2. The van der Waals surface area contributed by atoms with E-state index in [9.17, 15) is 9.90 Å². The van der Waals surface area contributed by atoms with Gasteiger partial charge in [-0.05, 0) is 58.0 Å². The molecule has 174 valence electrons. The van der Waals surface area contributed by atoms with Crippen LogP contribution in [0.2, 0.25) is 0 Å². The Balaban J connectivity index is 1.55. The Morgan fingerprint density at radius 3 is 2.47 bits per heavy atom. The fraction of sp³-hybridized carbons (Fsp3) is 0.0870. The van der Waals surface area contributed by atoms with Gasteiger partial charge in [0.15, 0.2) is 10.9 Å². The van der Waals surface area contributed by atoms with E-state index in [0.29, 0.717) is 33.7 Å². The number of hydrogen-bond donors (Lipinski definition) is 2.